The van der Waals surface area contributed by atoms with Gasteiger partial charge in [-0.1, -0.05) is 0 Å². The predicted octanol–water partition coefficient (Wildman–Crippen LogP) is 0.974. The Balaban J connectivity index is 2.28. The molecule has 0 fully saturated rings. The summed E-state index contributed by atoms with van der Waals surface area (Å²) in [6, 6.07) is 1.91. The van der Waals surface area contributed by atoms with Gasteiger partial charge in [0.15, 0.2) is 0 Å². The van der Waals surface area contributed by atoms with Crippen LogP contribution >= 0.6 is 0 Å². The SMILES string of the molecule is CC=NCCn1cccn1. The molecule has 0 aliphatic carbocycles. The van der Waals surface area contributed by atoms with Gasteiger partial charge in [0.1, 0.15) is 0 Å². The Labute approximate surface area is 60.4 Å². The zero-order valence-electron chi connectivity index (χ0n) is 6.07. The van der Waals surface area contributed by atoms with Gasteiger partial charge in [0.25, 0.3) is 0 Å². The van der Waals surface area contributed by atoms with Crippen LogP contribution in [-0.2, 0) is 6.54 Å². The van der Waals surface area contributed by atoms with Crippen LogP contribution in [0, 0.1) is 0 Å². The van der Waals surface area contributed by atoms with E-state index in [2.05, 4.69) is 10.1 Å². The van der Waals surface area contributed by atoms with Gasteiger partial charge >= 0.3 is 0 Å². The van der Waals surface area contributed by atoms with Crippen LogP contribution < -0.4 is 0 Å². The largest absolute Gasteiger partial charge is 0.296 e. The van der Waals surface area contributed by atoms with Crippen molar-refractivity contribution in [2.75, 3.05) is 6.54 Å². The van der Waals surface area contributed by atoms with E-state index >= 15 is 0 Å². The molecule has 54 valence electrons. The molecule has 1 aromatic heterocycles. The minimum atomic E-state index is 0.818. The first kappa shape index (κ1) is 6.99. The molecule has 1 rings (SSSR count). The molecule has 3 heteroatoms. The Morgan fingerprint density at radius 1 is 1.70 bits per heavy atom. The normalized spacial score (nSPS) is 10.9. The molecule has 0 bridgehead atoms. The molecule has 1 aromatic rings. The zero-order chi connectivity index (χ0) is 7.23. The van der Waals surface area contributed by atoms with Crippen molar-refractivity contribution < 1.29 is 0 Å². The van der Waals surface area contributed by atoms with Crippen molar-refractivity contribution in [2.24, 2.45) is 4.99 Å². The third kappa shape index (κ3) is 2.01. The lowest BCUT2D eigenvalue weighted by Gasteiger charge is -1.94. The van der Waals surface area contributed by atoms with E-state index in [1.165, 1.54) is 0 Å². The van der Waals surface area contributed by atoms with Gasteiger partial charge in [0, 0.05) is 12.4 Å². The second-order valence-electron chi connectivity index (χ2n) is 1.93. The Bertz CT molecular complexity index is 189. The lowest BCUT2D eigenvalue weighted by atomic mass is 10.6. The smallest absolute Gasteiger partial charge is 0.0604 e. The van der Waals surface area contributed by atoms with E-state index in [4.69, 9.17) is 0 Å². The van der Waals surface area contributed by atoms with Crippen molar-refractivity contribution in [3.8, 4) is 0 Å². The van der Waals surface area contributed by atoms with Crippen molar-refractivity contribution in [3.05, 3.63) is 18.5 Å². The van der Waals surface area contributed by atoms with Crippen molar-refractivity contribution in [2.45, 2.75) is 13.5 Å². The summed E-state index contributed by atoms with van der Waals surface area (Å²) < 4.78 is 1.87. The fourth-order valence-electron chi connectivity index (χ4n) is 0.722. The summed E-state index contributed by atoms with van der Waals surface area (Å²) >= 11 is 0. The highest BCUT2D eigenvalue weighted by Gasteiger charge is 1.85. The lowest BCUT2D eigenvalue weighted by molar-refractivity contribution is 0.626. The summed E-state index contributed by atoms with van der Waals surface area (Å²) in [5.41, 5.74) is 0. The Morgan fingerprint density at radius 2 is 2.60 bits per heavy atom. The van der Waals surface area contributed by atoms with E-state index in [-0.39, 0.29) is 0 Å². The van der Waals surface area contributed by atoms with Crippen LogP contribution in [0.4, 0.5) is 0 Å². The fourth-order valence-corrected chi connectivity index (χ4v) is 0.722. The van der Waals surface area contributed by atoms with Crippen LogP contribution in [0.2, 0.25) is 0 Å². The van der Waals surface area contributed by atoms with Gasteiger partial charge in [0.2, 0.25) is 0 Å². The van der Waals surface area contributed by atoms with E-state index in [9.17, 15) is 0 Å². The van der Waals surface area contributed by atoms with Crippen LogP contribution in [0.15, 0.2) is 23.5 Å². The summed E-state index contributed by atoms with van der Waals surface area (Å²) in [4.78, 5) is 4.06. The standard InChI is InChI=1S/C7H11N3/c1-2-8-5-7-10-6-3-4-9-10/h2-4,6H,5,7H2,1H3. The molecule has 0 saturated heterocycles. The van der Waals surface area contributed by atoms with Crippen molar-refractivity contribution in [3.63, 3.8) is 0 Å². The first-order valence-electron chi connectivity index (χ1n) is 3.35. The maximum atomic E-state index is 4.06. The Morgan fingerprint density at radius 3 is 3.20 bits per heavy atom. The van der Waals surface area contributed by atoms with Crippen LogP contribution in [0.25, 0.3) is 0 Å². The maximum absolute atomic E-state index is 4.06. The van der Waals surface area contributed by atoms with Gasteiger partial charge in [-0.25, -0.2) is 0 Å². The molecule has 0 unspecified atom stereocenters. The molecule has 3 nitrogen and oxygen atoms in total. The Hall–Kier alpha value is -1.12. The fraction of sp³-hybridized carbons (Fsp3) is 0.429. The van der Waals surface area contributed by atoms with E-state index < -0.39 is 0 Å². The molecule has 0 atom stereocenters. The van der Waals surface area contributed by atoms with Gasteiger partial charge < -0.3 is 0 Å². The van der Waals surface area contributed by atoms with Gasteiger partial charge in [-0.15, -0.1) is 0 Å². The first-order valence-corrected chi connectivity index (χ1v) is 3.35. The lowest BCUT2D eigenvalue weighted by Crippen LogP contribution is -2.00. The van der Waals surface area contributed by atoms with E-state index in [0.29, 0.717) is 0 Å². The highest BCUT2D eigenvalue weighted by atomic mass is 15.3. The number of hydrogen-bond donors (Lipinski definition) is 0. The summed E-state index contributed by atoms with van der Waals surface area (Å²) in [7, 11) is 0. The number of rotatable bonds is 3. The molecular weight excluding hydrogens is 126 g/mol. The summed E-state index contributed by atoms with van der Waals surface area (Å²) in [6.07, 6.45) is 5.52. The van der Waals surface area contributed by atoms with Gasteiger partial charge in [0.05, 0.1) is 13.1 Å². The average Bonchev–Trinajstić information content (AvgIpc) is 2.41. The van der Waals surface area contributed by atoms with Crippen molar-refractivity contribution in [1.29, 1.82) is 0 Å². The topological polar surface area (TPSA) is 30.2 Å². The minimum absolute atomic E-state index is 0.818. The molecule has 0 saturated carbocycles. The minimum Gasteiger partial charge on any atom is -0.296 e. The second kappa shape index (κ2) is 3.82. The van der Waals surface area contributed by atoms with Crippen LogP contribution in [-0.4, -0.2) is 22.5 Å². The number of hydrogen-bond acceptors (Lipinski definition) is 2. The number of nitrogens with zero attached hydrogens (tertiary/aromatic N) is 3. The molecule has 0 N–H and O–H groups in total. The van der Waals surface area contributed by atoms with Crippen LogP contribution in [0.3, 0.4) is 0 Å². The molecule has 0 aliphatic heterocycles. The predicted molar refractivity (Wildman–Crippen MR) is 41.3 cm³/mol. The summed E-state index contributed by atoms with van der Waals surface area (Å²) in [5, 5.41) is 4.03. The van der Waals surface area contributed by atoms with E-state index in [1.807, 2.05) is 30.1 Å². The number of aliphatic imine (C=N–C) groups is 1. The first-order chi connectivity index (χ1) is 4.93. The van der Waals surface area contributed by atoms with Gasteiger partial charge in [-0.3, -0.25) is 9.67 Å². The Kier molecular flexibility index (Phi) is 2.67. The number of aromatic nitrogens is 2. The highest BCUT2D eigenvalue weighted by molar-refractivity contribution is 5.53. The molecular formula is C7H11N3. The third-order valence-electron chi connectivity index (χ3n) is 1.20. The molecule has 1 heterocycles. The molecule has 0 aliphatic rings. The van der Waals surface area contributed by atoms with E-state index in [1.54, 1.807) is 6.20 Å². The van der Waals surface area contributed by atoms with Gasteiger partial charge in [-0.2, -0.15) is 5.10 Å². The molecule has 0 radical (unpaired) electrons. The molecule has 10 heavy (non-hydrogen) atoms. The van der Waals surface area contributed by atoms with Crippen molar-refractivity contribution >= 4 is 6.21 Å². The third-order valence-corrected chi connectivity index (χ3v) is 1.20. The molecule has 0 spiro atoms. The molecule has 0 amide bonds. The van der Waals surface area contributed by atoms with Crippen LogP contribution in [0.1, 0.15) is 6.92 Å². The zero-order valence-corrected chi connectivity index (χ0v) is 6.07. The van der Waals surface area contributed by atoms with Gasteiger partial charge in [-0.05, 0) is 19.2 Å². The quantitative estimate of drug-likeness (QED) is 0.571. The summed E-state index contributed by atoms with van der Waals surface area (Å²) in [6.45, 7) is 3.61. The molecule has 0 aromatic carbocycles. The summed E-state index contributed by atoms with van der Waals surface area (Å²) in [5.74, 6) is 0. The van der Waals surface area contributed by atoms with Crippen LogP contribution in [0.5, 0.6) is 0 Å². The van der Waals surface area contributed by atoms with E-state index in [0.717, 1.165) is 13.1 Å². The highest BCUT2D eigenvalue weighted by Crippen LogP contribution is 1.83. The average molecular weight is 137 g/mol. The monoisotopic (exact) mass is 137 g/mol. The maximum Gasteiger partial charge on any atom is 0.0604 e. The second-order valence-corrected chi connectivity index (χ2v) is 1.93. The van der Waals surface area contributed by atoms with Crippen molar-refractivity contribution in [1.82, 2.24) is 9.78 Å².